The van der Waals surface area contributed by atoms with E-state index in [0.717, 1.165) is 16.5 Å². The second kappa shape index (κ2) is 8.94. The van der Waals surface area contributed by atoms with Gasteiger partial charge in [0.05, 0.1) is 10.6 Å². The molecule has 0 aliphatic carbocycles. The lowest BCUT2D eigenvalue weighted by Gasteiger charge is -2.34. The Morgan fingerprint density at radius 2 is 1.89 bits per heavy atom. The molecule has 2 heterocycles. The van der Waals surface area contributed by atoms with Crippen molar-refractivity contribution in [1.29, 1.82) is 0 Å². The summed E-state index contributed by atoms with van der Waals surface area (Å²) in [5.74, 6) is 0.830. The summed E-state index contributed by atoms with van der Waals surface area (Å²) in [6.07, 6.45) is 1.05. The molecular formula is C19H25N3O3S3. The molecule has 9 heteroatoms. The number of thiazole rings is 1. The van der Waals surface area contributed by atoms with Crippen LogP contribution in [0.2, 0.25) is 0 Å². The summed E-state index contributed by atoms with van der Waals surface area (Å²) in [6.45, 7) is 7.20. The molecule has 3 rings (SSSR count). The first-order valence-corrected chi connectivity index (χ1v) is 12.5. The molecule has 2 aromatic rings. The number of carbonyl (C=O) groups is 1. The lowest BCUT2D eigenvalue weighted by molar-refractivity contribution is -0.113. The Bertz CT molecular complexity index is 915. The highest BCUT2D eigenvalue weighted by Gasteiger charge is 2.31. The van der Waals surface area contributed by atoms with Gasteiger partial charge in [0.15, 0.2) is 4.34 Å². The third kappa shape index (κ3) is 5.34. The number of aryl methyl sites for hydroxylation is 1. The molecule has 2 unspecified atom stereocenters. The molecule has 6 nitrogen and oxygen atoms in total. The van der Waals surface area contributed by atoms with Crippen molar-refractivity contribution in [2.24, 2.45) is 11.8 Å². The molecule has 0 radical (unpaired) electrons. The van der Waals surface area contributed by atoms with E-state index in [1.54, 1.807) is 28.6 Å². The summed E-state index contributed by atoms with van der Waals surface area (Å²) in [4.78, 5) is 16.7. The van der Waals surface area contributed by atoms with Gasteiger partial charge in [0.2, 0.25) is 15.9 Å². The van der Waals surface area contributed by atoms with Crippen LogP contribution in [-0.4, -0.2) is 42.5 Å². The van der Waals surface area contributed by atoms with Gasteiger partial charge in [-0.1, -0.05) is 25.6 Å². The summed E-state index contributed by atoms with van der Waals surface area (Å²) in [5, 5.41) is 4.75. The molecule has 1 saturated heterocycles. The second-order valence-corrected chi connectivity index (χ2v) is 11.4. The van der Waals surface area contributed by atoms with Gasteiger partial charge in [-0.2, -0.15) is 4.31 Å². The highest BCUT2D eigenvalue weighted by molar-refractivity contribution is 8.01. The van der Waals surface area contributed by atoms with Gasteiger partial charge in [0.25, 0.3) is 0 Å². The van der Waals surface area contributed by atoms with Crippen LogP contribution in [0, 0.1) is 18.8 Å². The van der Waals surface area contributed by atoms with Crippen LogP contribution in [0.1, 0.15) is 26.0 Å². The molecular weight excluding hydrogens is 414 g/mol. The Labute approximate surface area is 174 Å². The maximum absolute atomic E-state index is 12.9. The van der Waals surface area contributed by atoms with Crippen molar-refractivity contribution in [1.82, 2.24) is 9.29 Å². The summed E-state index contributed by atoms with van der Waals surface area (Å²) < 4.78 is 28.2. The topological polar surface area (TPSA) is 79.4 Å². The number of anilines is 1. The first-order valence-electron chi connectivity index (χ1n) is 9.19. The molecule has 1 fully saturated rings. The highest BCUT2D eigenvalue weighted by Crippen LogP contribution is 2.27. The number of amides is 1. The lowest BCUT2D eigenvalue weighted by Crippen LogP contribution is -2.42. The molecule has 1 aliphatic rings. The molecule has 152 valence electrons. The molecule has 1 aliphatic heterocycles. The summed E-state index contributed by atoms with van der Waals surface area (Å²) in [5.41, 5.74) is 1.53. The Kier molecular flexibility index (Phi) is 6.80. The molecule has 2 atom stereocenters. The first-order chi connectivity index (χ1) is 13.2. The largest absolute Gasteiger partial charge is 0.325 e. The van der Waals surface area contributed by atoms with Gasteiger partial charge in [-0.25, -0.2) is 13.4 Å². The molecule has 1 aromatic carbocycles. The van der Waals surface area contributed by atoms with Crippen molar-refractivity contribution < 1.29 is 13.2 Å². The SMILES string of the molecule is Cc1csc(SCC(=O)Nc2ccc(S(=O)(=O)N3CC(C)CC(C)C3)cc2)n1. The average Bonchev–Trinajstić information content (AvgIpc) is 3.05. The Morgan fingerprint density at radius 3 is 2.46 bits per heavy atom. The summed E-state index contributed by atoms with van der Waals surface area (Å²) in [7, 11) is -3.51. The zero-order chi connectivity index (χ0) is 20.3. The molecule has 0 bridgehead atoms. The van der Waals surface area contributed by atoms with E-state index in [1.807, 2.05) is 12.3 Å². The van der Waals surface area contributed by atoms with E-state index in [0.29, 0.717) is 30.6 Å². The van der Waals surface area contributed by atoms with Crippen LogP contribution in [0.3, 0.4) is 0 Å². The number of benzene rings is 1. The minimum atomic E-state index is -3.51. The predicted octanol–water partition coefficient (Wildman–Crippen LogP) is 3.85. The number of carbonyl (C=O) groups excluding carboxylic acids is 1. The Hall–Kier alpha value is -1.42. The fourth-order valence-corrected chi connectivity index (χ4v) is 6.71. The van der Waals surface area contributed by atoms with Crippen LogP contribution in [0.15, 0.2) is 38.9 Å². The monoisotopic (exact) mass is 439 g/mol. The van der Waals surface area contributed by atoms with Crippen molar-refractivity contribution in [3.8, 4) is 0 Å². The van der Waals surface area contributed by atoms with Crippen molar-refractivity contribution in [2.75, 3.05) is 24.2 Å². The van der Waals surface area contributed by atoms with Crippen molar-refractivity contribution >= 4 is 44.7 Å². The number of nitrogens with zero attached hydrogens (tertiary/aromatic N) is 2. The Morgan fingerprint density at radius 1 is 1.25 bits per heavy atom. The minimum Gasteiger partial charge on any atom is -0.325 e. The fourth-order valence-electron chi connectivity index (χ4n) is 3.38. The quantitative estimate of drug-likeness (QED) is 0.692. The smallest absolute Gasteiger partial charge is 0.243 e. The molecule has 0 spiro atoms. The number of piperidine rings is 1. The van der Waals surface area contributed by atoms with Gasteiger partial charge in [-0.05, 0) is 49.4 Å². The van der Waals surface area contributed by atoms with E-state index in [4.69, 9.17) is 0 Å². The summed E-state index contributed by atoms with van der Waals surface area (Å²) in [6, 6.07) is 6.40. The van der Waals surface area contributed by atoms with Gasteiger partial charge < -0.3 is 5.32 Å². The standard InChI is InChI=1S/C19H25N3O3S3/c1-13-8-14(2)10-22(9-13)28(24,25)17-6-4-16(5-7-17)21-18(23)12-27-19-20-15(3)11-26-19/h4-7,11,13-14H,8-10,12H2,1-3H3,(H,21,23). The maximum atomic E-state index is 12.9. The molecule has 1 aromatic heterocycles. The first kappa shape index (κ1) is 21.3. The van der Waals surface area contributed by atoms with E-state index in [1.165, 1.54) is 23.1 Å². The predicted molar refractivity (Wildman–Crippen MR) is 114 cm³/mol. The maximum Gasteiger partial charge on any atom is 0.243 e. The van der Waals surface area contributed by atoms with Gasteiger partial charge in [-0.3, -0.25) is 4.79 Å². The number of thioether (sulfide) groups is 1. The molecule has 1 amide bonds. The fraction of sp³-hybridized carbons (Fsp3) is 0.474. The molecule has 0 saturated carbocycles. The molecule has 1 N–H and O–H groups in total. The minimum absolute atomic E-state index is 0.146. The molecule has 28 heavy (non-hydrogen) atoms. The van der Waals surface area contributed by atoms with Crippen molar-refractivity contribution in [3.05, 3.63) is 35.3 Å². The number of hydrogen-bond acceptors (Lipinski definition) is 6. The van der Waals surface area contributed by atoms with Crippen LogP contribution in [-0.2, 0) is 14.8 Å². The number of rotatable bonds is 6. The van der Waals surface area contributed by atoms with Crippen LogP contribution in [0.25, 0.3) is 0 Å². The van der Waals surface area contributed by atoms with E-state index in [9.17, 15) is 13.2 Å². The third-order valence-corrected chi connectivity index (χ3v) is 8.52. The number of hydrogen-bond donors (Lipinski definition) is 1. The lowest BCUT2D eigenvalue weighted by atomic mass is 9.94. The van der Waals surface area contributed by atoms with E-state index < -0.39 is 10.0 Å². The zero-order valence-corrected chi connectivity index (χ0v) is 18.7. The van der Waals surface area contributed by atoms with Crippen LogP contribution >= 0.6 is 23.1 Å². The van der Waals surface area contributed by atoms with Gasteiger partial charge in [0, 0.05) is 29.9 Å². The summed E-state index contributed by atoms with van der Waals surface area (Å²) >= 11 is 2.90. The van der Waals surface area contributed by atoms with E-state index in [2.05, 4.69) is 24.1 Å². The number of nitrogens with one attached hydrogen (secondary N) is 1. The number of aromatic nitrogens is 1. The van der Waals surface area contributed by atoms with Crippen molar-refractivity contribution in [2.45, 2.75) is 36.4 Å². The number of sulfonamides is 1. The van der Waals surface area contributed by atoms with Crippen molar-refractivity contribution in [3.63, 3.8) is 0 Å². The van der Waals surface area contributed by atoms with Crippen LogP contribution in [0.5, 0.6) is 0 Å². The van der Waals surface area contributed by atoms with Gasteiger partial charge >= 0.3 is 0 Å². The normalized spacial score (nSPS) is 20.8. The third-order valence-electron chi connectivity index (χ3n) is 4.54. The zero-order valence-electron chi connectivity index (χ0n) is 16.2. The highest BCUT2D eigenvalue weighted by atomic mass is 32.2. The van der Waals surface area contributed by atoms with Crippen LogP contribution in [0.4, 0.5) is 5.69 Å². The van der Waals surface area contributed by atoms with E-state index >= 15 is 0 Å². The average molecular weight is 440 g/mol. The van der Waals surface area contributed by atoms with Crippen LogP contribution < -0.4 is 5.32 Å². The van der Waals surface area contributed by atoms with Gasteiger partial charge in [-0.15, -0.1) is 11.3 Å². The Balaban J connectivity index is 1.60. The van der Waals surface area contributed by atoms with Gasteiger partial charge in [0.1, 0.15) is 0 Å². The van der Waals surface area contributed by atoms with E-state index in [-0.39, 0.29) is 16.6 Å². The second-order valence-electron chi connectivity index (χ2n) is 7.38.